The van der Waals surface area contributed by atoms with Crippen LogP contribution in [0, 0.1) is 5.92 Å². The molecular weight excluding hydrogens is 336 g/mol. The molecule has 0 bridgehead atoms. The van der Waals surface area contributed by atoms with E-state index in [2.05, 4.69) is 10.4 Å². The molecule has 0 aliphatic heterocycles. The average molecular weight is 361 g/mol. The van der Waals surface area contributed by atoms with Gasteiger partial charge in [0.2, 0.25) is 0 Å². The molecule has 3 rings (SSSR count). The van der Waals surface area contributed by atoms with Gasteiger partial charge < -0.3 is 11.1 Å². The van der Waals surface area contributed by atoms with Crippen LogP contribution in [0.4, 0.5) is 0 Å². The summed E-state index contributed by atoms with van der Waals surface area (Å²) < 4.78 is 1.91. The molecule has 25 heavy (non-hydrogen) atoms. The topological polar surface area (TPSA) is 72.9 Å². The second-order valence-electron chi connectivity index (χ2n) is 6.77. The van der Waals surface area contributed by atoms with Crippen LogP contribution in [0.2, 0.25) is 5.02 Å². The number of hydrogen-bond donors (Lipinski definition) is 2. The van der Waals surface area contributed by atoms with Crippen LogP contribution in [0.15, 0.2) is 24.3 Å². The van der Waals surface area contributed by atoms with Gasteiger partial charge in [-0.05, 0) is 62.4 Å². The number of halogens is 1. The average Bonchev–Trinajstić information content (AvgIpc) is 2.81. The van der Waals surface area contributed by atoms with Crippen molar-refractivity contribution in [2.75, 3.05) is 13.1 Å². The van der Waals surface area contributed by atoms with E-state index < -0.39 is 0 Å². The summed E-state index contributed by atoms with van der Waals surface area (Å²) in [4.78, 5) is 12.7. The van der Waals surface area contributed by atoms with E-state index in [9.17, 15) is 4.79 Å². The molecule has 0 saturated carbocycles. The zero-order valence-corrected chi connectivity index (χ0v) is 15.4. The summed E-state index contributed by atoms with van der Waals surface area (Å²) in [5.74, 6) is 0.145. The molecule has 1 aliphatic rings. The molecule has 2 aromatic rings. The molecule has 6 heteroatoms. The van der Waals surface area contributed by atoms with Gasteiger partial charge in [-0.25, -0.2) is 4.68 Å². The Kier molecular flexibility index (Phi) is 5.76. The van der Waals surface area contributed by atoms with Crippen molar-refractivity contribution in [2.45, 2.75) is 39.0 Å². The van der Waals surface area contributed by atoms with Crippen molar-refractivity contribution in [3.8, 4) is 5.69 Å². The van der Waals surface area contributed by atoms with Gasteiger partial charge in [0.25, 0.3) is 5.91 Å². The monoisotopic (exact) mass is 360 g/mol. The Morgan fingerprint density at radius 1 is 1.28 bits per heavy atom. The lowest BCUT2D eigenvalue weighted by Crippen LogP contribution is -2.32. The smallest absolute Gasteiger partial charge is 0.272 e. The van der Waals surface area contributed by atoms with Crippen molar-refractivity contribution < 1.29 is 4.79 Å². The number of fused-ring (bicyclic) bond motifs is 1. The first-order valence-corrected chi connectivity index (χ1v) is 9.33. The first-order chi connectivity index (χ1) is 12.1. The molecule has 5 nitrogen and oxygen atoms in total. The second kappa shape index (κ2) is 8.02. The van der Waals surface area contributed by atoms with Crippen LogP contribution in [0.1, 0.15) is 47.9 Å². The number of carbonyl (C=O) groups excluding carboxylic acids is 1. The SMILES string of the molecule is CC(CN)CNC(=O)c1nn(-c2ccc(Cl)cc2)c2c1CCCCC2. The van der Waals surface area contributed by atoms with E-state index in [0.717, 1.165) is 42.6 Å². The lowest BCUT2D eigenvalue weighted by atomic mass is 10.1. The molecule has 1 aliphatic carbocycles. The standard InChI is InChI=1S/C19H25ClN4O/c1-13(11-21)12-22-19(25)18-16-5-3-2-4-6-17(16)24(23-18)15-9-7-14(20)8-10-15/h7-10,13H,2-6,11-12,21H2,1H3,(H,22,25). The van der Waals surface area contributed by atoms with Crippen LogP contribution in [0.3, 0.4) is 0 Å². The van der Waals surface area contributed by atoms with Gasteiger partial charge in [-0.3, -0.25) is 4.79 Å². The molecule has 0 radical (unpaired) electrons. The van der Waals surface area contributed by atoms with Crippen LogP contribution >= 0.6 is 11.6 Å². The highest BCUT2D eigenvalue weighted by Crippen LogP contribution is 2.27. The zero-order chi connectivity index (χ0) is 17.8. The first-order valence-electron chi connectivity index (χ1n) is 8.95. The molecule has 1 unspecified atom stereocenters. The van der Waals surface area contributed by atoms with E-state index in [1.54, 1.807) is 0 Å². The summed E-state index contributed by atoms with van der Waals surface area (Å²) in [6.45, 7) is 3.14. The number of amides is 1. The highest BCUT2D eigenvalue weighted by Gasteiger charge is 2.24. The van der Waals surface area contributed by atoms with Crippen molar-refractivity contribution in [3.05, 3.63) is 46.2 Å². The fourth-order valence-electron chi connectivity index (χ4n) is 3.19. The predicted molar refractivity (Wildman–Crippen MR) is 100 cm³/mol. The quantitative estimate of drug-likeness (QED) is 0.804. The Hall–Kier alpha value is -1.85. The number of benzene rings is 1. The Morgan fingerprint density at radius 2 is 2.00 bits per heavy atom. The maximum atomic E-state index is 12.7. The lowest BCUT2D eigenvalue weighted by molar-refractivity contribution is 0.0942. The van der Waals surface area contributed by atoms with Crippen LogP contribution in [0.25, 0.3) is 5.69 Å². The molecule has 1 atom stereocenters. The van der Waals surface area contributed by atoms with Crippen LogP contribution in [0.5, 0.6) is 0 Å². The largest absolute Gasteiger partial charge is 0.350 e. The van der Waals surface area contributed by atoms with Crippen molar-refractivity contribution in [3.63, 3.8) is 0 Å². The Bertz CT molecular complexity index is 739. The molecule has 1 heterocycles. The van der Waals surface area contributed by atoms with Gasteiger partial charge in [-0.15, -0.1) is 0 Å². The van der Waals surface area contributed by atoms with E-state index in [1.165, 1.54) is 6.42 Å². The number of nitrogens with zero attached hydrogens (tertiary/aromatic N) is 2. The van der Waals surface area contributed by atoms with Crippen molar-refractivity contribution >= 4 is 17.5 Å². The van der Waals surface area contributed by atoms with E-state index in [0.29, 0.717) is 23.8 Å². The van der Waals surface area contributed by atoms with Crippen LogP contribution in [-0.4, -0.2) is 28.8 Å². The molecule has 1 aromatic carbocycles. The summed E-state index contributed by atoms with van der Waals surface area (Å²) in [5.41, 5.74) is 9.37. The molecular formula is C19H25ClN4O. The third-order valence-corrected chi connectivity index (χ3v) is 4.98. The normalized spacial score (nSPS) is 15.3. The van der Waals surface area contributed by atoms with E-state index >= 15 is 0 Å². The Morgan fingerprint density at radius 3 is 2.72 bits per heavy atom. The van der Waals surface area contributed by atoms with Crippen LogP contribution in [-0.2, 0) is 12.8 Å². The summed E-state index contributed by atoms with van der Waals surface area (Å²) in [6, 6.07) is 7.59. The molecule has 1 amide bonds. The minimum Gasteiger partial charge on any atom is -0.350 e. The predicted octanol–water partition coefficient (Wildman–Crippen LogP) is 3.12. The fourth-order valence-corrected chi connectivity index (χ4v) is 3.31. The van der Waals surface area contributed by atoms with E-state index in [1.807, 2.05) is 35.9 Å². The third-order valence-electron chi connectivity index (χ3n) is 4.73. The maximum absolute atomic E-state index is 12.7. The zero-order valence-electron chi connectivity index (χ0n) is 14.6. The van der Waals surface area contributed by atoms with E-state index in [4.69, 9.17) is 17.3 Å². The van der Waals surface area contributed by atoms with Gasteiger partial charge in [0.05, 0.1) is 5.69 Å². The van der Waals surface area contributed by atoms with Gasteiger partial charge in [-0.2, -0.15) is 5.10 Å². The summed E-state index contributed by atoms with van der Waals surface area (Å²) in [7, 11) is 0. The second-order valence-corrected chi connectivity index (χ2v) is 7.21. The number of aromatic nitrogens is 2. The molecule has 0 fully saturated rings. The minimum absolute atomic E-state index is 0.105. The van der Waals surface area contributed by atoms with Gasteiger partial charge in [0.15, 0.2) is 5.69 Å². The summed E-state index contributed by atoms with van der Waals surface area (Å²) in [5, 5.41) is 8.34. The highest BCUT2D eigenvalue weighted by atomic mass is 35.5. The molecule has 1 aromatic heterocycles. The number of nitrogens with one attached hydrogen (secondary N) is 1. The van der Waals surface area contributed by atoms with Gasteiger partial charge in [-0.1, -0.05) is 24.9 Å². The lowest BCUT2D eigenvalue weighted by Gasteiger charge is -2.09. The molecule has 0 saturated heterocycles. The maximum Gasteiger partial charge on any atom is 0.272 e. The summed E-state index contributed by atoms with van der Waals surface area (Å²) >= 11 is 6.00. The Balaban J connectivity index is 1.95. The first kappa shape index (κ1) is 18.0. The third kappa shape index (κ3) is 4.05. The minimum atomic E-state index is -0.105. The van der Waals surface area contributed by atoms with Crippen LogP contribution < -0.4 is 11.1 Å². The van der Waals surface area contributed by atoms with Gasteiger partial charge in [0.1, 0.15) is 0 Å². The van der Waals surface area contributed by atoms with Gasteiger partial charge in [0, 0.05) is 22.8 Å². The summed E-state index contributed by atoms with van der Waals surface area (Å²) in [6.07, 6.45) is 5.24. The Labute approximate surface area is 153 Å². The number of carbonyl (C=O) groups is 1. The van der Waals surface area contributed by atoms with Gasteiger partial charge >= 0.3 is 0 Å². The highest BCUT2D eigenvalue weighted by molar-refractivity contribution is 6.30. The fraction of sp³-hybridized carbons (Fsp3) is 0.474. The van der Waals surface area contributed by atoms with Crippen molar-refractivity contribution in [1.29, 1.82) is 0 Å². The van der Waals surface area contributed by atoms with Crippen molar-refractivity contribution in [1.82, 2.24) is 15.1 Å². The molecule has 134 valence electrons. The molecule has 0 spiro atoms. The number of nitrogens with two attached hydrogens (primary N) is 1. The molecule has 3 N–H and O–H groups in total. The number of rotatable bonds is 5. The van der Waals surface area contributed by atoms with E-state index in [-0.39, 0.29) is 11.8 Å². The number of hydrogen-bond acceptors (Lipinski definition) is 3. The van der Waals surface area contributed by atoms with Crippen molar-refractivity contribution in [2.24, 2.45) is 11.7 Å².